The summed E-state index contributed by atoms with van der Waals surface area (Å²) in [6, 6.07) is 4.18. The maximum absolute atomic E-state index is 11.0. The molecule has 1 aromatic carbocycles. The molecule has 0 aliphatic rings. The molecule has 0 saturated carbocycles. The molecular weight excluding hydrogens is 274 g/mol. The van der Waals surface area contributed by atoms with Crippen LogP contribution in [0.25, 0.3) is 0 Å². The molecule has 0 fully saturated rings. The number of carboxylic acid groups (broad SMARTS) is 1. The van der Waals surface area contributed by atoms with Crippen molar-refractivity contribution in [1.29, 1.82) is 0 Å². The van der Waals surface area contributed by atoms with Crippen molar-refractivity contribution in [2.24, 2.45) is 0 Å². The second-order valence-electron chi connectivity index (χ2n) is 3.48. The van der Waals surface area contributed by atoms with E-state index in [1.807, 2.05) is 6.92 Å². The minimum atomic E-state index is -1.07. The molecular formula is C11H12BrNO3. The fraction of sp³-hybridized carbons (Fsp3) is 0.273. The molecule has 0 aromatic heterocycles. The Balaban J connectivity index is 3.06. The Morgan fingerprint density at radius 1 is 1.44 bits per heavy atom. The summed E-state index contributed by atoms with van der Waals surface area (Å²) in [5.41, 5.74) is 1.48. The maximum Gasteiger partial charge on any atom is 0.330 e. The molecule has 1 amide bonds. The number of halogens is 1. The summed E-state index contributed by atoms with van der Waals surface area (Å²) < 4.78 is 0.906. The van der Waals surface area contributed by atoms with Crippen LogP contribution in [0.15, 0.2) is 22.7 Å². The minimum Gasteiger partial charge on any atom is -0.479 e. The van der Waals surface area contributed by atoms with Gasteiger partial charge in [0, 0.05) is 11.4 Å². The van der Waals surface area contributed by atoms with Crippen LogP contribution in [0.1, 0.15) is 24.1 Å². The first-order chi connectivity index (χ1) is 7.41. The molecule has 86 valence electrons. The molecule has 1 aromatic rings. The first-order valence-corrected chi connectivity index (χ1v) is 5.47. The molecule has 0 bridgehead atoms. The van der Waals surface area contributed by atoms with Crippen LogP contribution in [-0.2, 0) is 9.59 Å². The van der Waals surface area contributed by atoms with Crippen LogP contribution >= 0.6 is 15.9 Å². The summed E-state index contributed by atoms with van der Waals surface area (Å²) in [4.78, 5) is 21.9. The summed E-state index contributed by atoms with van der Waals surface area (Å²) in [7, 11) is 0. The fourth-order valence-electron chi connectivity index (χ4n) is 1.34. The smallest absolute Gasteiger partial charge is 0.330 e. The molecule has 5 heteroatoms. The van der Waals surface area contributed by atoms with Crippen LogP contribution in [0.4, 0.5) is 0 Å². The predicted molar refractivity (Wildman–Crippen MR) is 63.1 cm³/mol. The summed E-state index contributed by atoms with van der Waals surface area (Å²) in [6.07, 6.45) is 0. The Morgan fingerprint density at radius 3 is 2.50 bits per heavy atom. The van der Waals surface area contributed by atoms with E-state index >= 15 is 0 Å². The highest BCUT2D eigenvalue weighted by Crippen LogP contribution is 2.21. The standard InChI is InChI=1S/C11H12BrNO3/c1-6-5-8(3-4-9(6)12)10(11(15)16)13-7(2)14/h3-5,10H,1-2H3,(H,13,14)(H,15,16). The van der Waals surface area contributed by atoms with Crippen molar-refractivity contribution in [2.75, 3.05) is 0 Å². The van der Waals surface area contributed by atoms with Crippen molar-refractivity contribution >= 4 is 27.8 Å². The number of aryl methyl sites for hydroxylation is 1. The van der Waals surface area contributed by atoms with Crippen LogP contribution in [0.3, 0.4) is 0 Å². The molecule has 0 aliphatic heterocycles. The Bertz CT molecular complexity index is 431. The Labute approximate surface area is 102 Å². The number of carbonyl (C=O) groups is 2. The highest BCUT2D eigenvalue weighted by Gasteiger charge is 2.20. The van der Waals surface area contributed by atoms with Crippen molar-refractivity contribution in [3.8, 4) is 0 Å². The van der Waals surface area contributed by atoms with Crippen LogP contribution in [0.5, 0.6) is 0 Å². The van der Waals surface area contributed by atoms with E-state index in [9.17, 15) is 9.59 Å². The zero-order valence-electron chi connectivity index (χ0n) is 8.95. The van der Waals surface area contributed by atoms with Crippen molar-refractivity contribution in [1.82, 2.24) is 5.32 Å². The number of amides is 1. The average Bonchev–Trinajstić information content (AvgIpc) is 2.18. The quantitative estimate of drug-likeness (QED) is 0.893. The summed E-state index contributed by atoms with van der Waals surface area (Å²) in [6.45, 7) is 3.15. The van der Waals surface area contributed by atoms with Gasteiger partial charge in [0.05, 0.1) is 0 Å². The molecule has 16 heavy (non-hydrogen) atoms. The average molecular weight is 286 g/mol. The largest absolute Gasteiger partial charge is 0.479 e. The number of benzene rings is 1. The molecule has 0 saturated heterocycles. The van der Waals surface area contributed by atoms with Crippen molar-refractivity contribution in [2.45, 2.75) is 19.9 Å². The van der Waals surface area contributed by atoms with Crippen molar-refractivity contribution in [3.05, 3.63) is 33.8 Å². The van der Waals surface area contributed by atoms with E-state index in [0.29, 0.717) is 5.56 Å². The van der Waals surface area contributed by atoms with Crippen molar-refractivity contribution in [3.63, 3.8) is 0 Å². The summed E-state index contributed by atoms with van der Waals surface area (Å²) >= 11 is 3.33. The van der Waals surface area contributed by atoms with Gasteiger partial charge in [-0.3, -0.25) is 4.79 Å². The van der Waals surface area contributed by atoms with E-state index in [2.05, 4.69) is 21.2 Å². The van der Waals surface area contributed by atoms with Crippen LogP contribution < -0.4 is 5.32 Å². The summed E-state index contributed by atoms with van der Waals surface area (Å²) in [5, 5.41) is 11.4. The molecule has 0 aliphatic carbocycles. The third-order valence-electron chi connectivity index (χ3n) is 2.11. The molecule has 1 rings (SSSR count). The number of rotatable bonds is 3. The van der Waals surface area contributed by atoms with Gasteiger partial charge < -0.3 is 10.4 Å². The number of carboxylic acids is 1. The van der Waals surface area contributed by atoms with Crippen LogP contribution in [0.2, 0.25) is 0 Å². The zero-order valence-corrected chi connectivity index (χ0v) is 10.5. The fourth-order valence-corrected chi connectivity index (χ4v) is 1.58. The normalized spacial score (nSPS) is 11.9. The van der Waals surface area contributed by atoms with Gasteiger partial charge in [-0.1, -0.05) is 28.1 Å². The number of aliphatic carboxylic acids is 1. The third-order valence-corrected chi connectivity index (χ3v) is 3.00. The summed E-state index contributed by atoms with van der Waals surface area (Å²) in [5.74, 6) is -1.44. The molecule has 4 nitrogen and oxygen atoms in total. The lowest BCUT2D eigenvalue weighted by Gasteiger charge is -2.14. The first kappa shape index (κ1) is 12.7. The van der Waals surface area contributed by atoms with Crippen molar-refractivity contribution < 1.29 is 14.7 Å². The maximum atomic E-state index is 11.0. The SMILES string of the molecule is CC(=O)NC(C(=O)O)c1ccc(Br)c(C)c1. The predicted octanol–water partition coefficient (Wildman–Crippen LogP) is 2.02. The van der Waals surface area contributed by atoms with Gasteiger partial charge in [0.2, 0.25) is 5.91 Å². The molecule has 0 heterocycles. The zero-order chi connectivity index (χ0) is 12.3. The Morgan fingerprint density at radius 2 is 2.06 bits per heavy atom. The Kier molecular flexibility index (Phi) is 4.06. The van der Waals surface area contributed by atoms with E-state index in [-0.39, 0.29) is 5.91 Å². The van der Waals surface area contributed by atoms with Crippen LogP contribution in [-0.4, -0.2) is 17.0 Å². The third kappa shape index (κ3) is 3.06. The number of carbonyl (C=O) groups excluding carboxylic acids is 1. The van der Waals surface area contributed by atoms with Gasteiger partial charge >= 0.3 is 5.97 Å². The van der Waals surface area contributed by atoms with Gasteiger partial charge in [-0.05, 0) is 24.1 Å². The van der Waals surface area contributed by atoms with Gasteiger partial charge in [0.15, 0.2) is 6.04 Å². The topological polar surface area (TPSA) is 66.4 Å². The molecule has 0 spiro atoms. The molecule has 1 atom stereocenters. The highest BCUT2D eigenvalue weighted by molar-refractivity contribution is 9.10. The molecule has 0 radical (unpaired) electrons. The molecule has 1 unspecified atom stereocenters. The second-order valence-corrected chi connectivity index (χ2v) is 4.33. The van der Waals surface area contributed by atoms with E-state index in [1.165, 1.54) is 6.92 Å². The van der Waals surface area contributed by atoms with Crippen LogP contribution in [0, 0.1) is 6.92 Å². The van der Waals surface area contributed by atoms with E-state index < -0.39 is 12.0 Å². The highest BCUT2D eigenvalue weighted by atomic mass is 79.9. The monoisotopic (exact) mass is 285 g/mol. The Hall–Kier alpha value is -1.36. The number of nitrogens with one attached hydrogen (secondary N) is 1. The van der Waals surface area contributed by atoms with Gasteiger partial charge in [-0.2, -0.15) is 0 Å². The van der Waals surface area contributed by atoms with Gasteiger partial charge in [0.25, 0.3) is 0 Å². The number of hydrogen-bond donors (Lipinski definition) is 2. The molecule has 2 N–H and O–H groups in total. The second kappa shape index (κ2) is 5.12. The van der Waals surface area contributed by atoms with E-state index in [4.69, 9.17) is 5.11 Å². The van der Waals surface area contributed by atoms with Gasteiger partial charge in [-0.25, -0.2) is 4.79 Å². The van der Waals surface area contributed by atoms with E-state index in [0.717, 1.165) is 10.0 Å². The van der Waals surface area contributed by atoms with E-state index in [1.54, 1.807) is 18.2 Å². The lowest BCUT2D eigenvalue weighted by atomic mass is 10.0. The van der Waals surface area contributed by atoms with Gasteiger partial charge in [-0.15, -0.1) is 0 Å². The lowest BCUT2D eigenvalue weighted by Crippen LogP contribution is -2.32. The minimum absolute atomic E-state index is 0.368. The number of hydrogen-bond acceptors (Lipinski definition) is 2. The van der Waals surface area contributed by atoms with Gasteiger partial charge in [0.1, 0.15) is 0 Å². The first-order valence-electron chi connectivity index (χ1n) is 4.67. The lowest BCUT2D eigenvalue weighted by molar-refractivity contribution is -0.141.